The maximum absolute atomic E-state index is 15.5. The number of aromatic carboxylic acids is 1. The fourth-order valence-corrected chi connectivity index (χ4v) is 4.99. The van der Waals surface area contributed by atoms with Crippen LogP contribution in [-0.4, -0.2) is 49.9 Å². The van der Waals surface area contributed by atoms with Crippen LogP contribution in [0.4, 0.5) is 17.6 Å². The van der Waals surface area contributed by atoms with Crippen LogP contribution in [0.25, 0.3) is 22.3 Å². The van der Waals surface area contributed by atoms with Crippen LogP contribution in [0.2, 0.25) is 0 Å². The second-order valence-electron chi connectivity index (χ2n) is 10.3. The number of hydrogen-bond donors (Lipinski definition) is 1. The normalized spacial score (nSPS) is 14.2. The molecule has 1 N–H and O–H groups in total. The van der Waals surface area contributed by atoms with Crippen molar-refractivity contribution in [3.8, 4) is 29.1 Å². The molecule has 46 heavy (non-hydrogen) atoms. The quantitative estimate of drug-likeness (QED) is 0.177. The molecule has 1 saturated heterocycles. The monoisotopic (exact) mass is 633 g/mol. The molecule has 1 fully saturated rings. The number of rotatable bonds is 11. The summed E-state index contributed by atoms with van der Waals surface area (Å²) in [5.41, 5.74) is 1.06. The van der Waals surface area contributed by atoms with E-state index in [0.717, 1.165) is 18.6 Å². The molecule has 6 rings (SSSR count). The van der Waals surface area contributed by atoms with E-state index in [1.54, 1.807) is 16.7 Å². The first kappa shape index (κ1) is 30.5. The van der Waals surface area contributed by atoms with E-state index < -0.39 is 30.1 Å². The second-order valence-corrected chi connectivity index (χ2v) is 10.3. The Kier molecular flexibility index (Phi) is 8.49. The summed E-state index contributed by atoms with van der Waals surface area (Å²) in [6, 6.07) is 15.4. The third-order valence-corrected chi connectivity index (χ3v) is 7.37. The molecule has 0 spiro atoms. The van der Waals surface area contributed by atoms with E-state index in [9.17, 15) is 18.7 Å². The highest BCUT2D eigenvalue weighted by Gasteiger charge is 2.24. The number of aromatic nitrogens is 4. The molecule has 2 aromatic carbocycles. The number of pyridine rings is 2. The third-order valence-electron chi connectivity index (χ3n) is 7.37. The first-order chi connectivity index (χ1) is 22.2. The van der Waals surface area contributed by atoms with Crippen LogP contribution in [0.15, 0.2) is 60.7 Å². The Morgan fingerprint density at radius 2 is 1.89 bits per heavy atom. The van der Waals surface area contributed by atoms with Crippen molar-refractivity contribution in [1.82, 2.24) is 19.5 Å². The summed E-state index contributed by atoms with van der Waals surface area (Å²) in [5, 5.41) is 18.5. The van der Waals surface area contributed by atoms with Gasteiger partial charge in [0, 0.05) is 24.7 Å². The fourth-order valence-electron chi connectivity index (χ4n) is 4.99. The predicted molar refractivity (Wildman–Crippen MR) is 153 cm³/mol. The van der Waals surface area contributed by atoms with Gasteiger partial charge in [0.05, 0.1) is 40.5 Å². The maximum Gasteiger partial charge on any atom is 0.388 e. The Bertz CT molecular complexity index is 1990. The molecule has 0 bridgehead atoms. The van der Waals surface area contributed by atoms with Gasteiger partial charge in [-0.2, -0.15) is 14.0 Å². The molecular formula is C32H23F4N5O5. The smallest absolute Gasteiger partial charge is 0.388 e. The zero-order valence-electron chi connectivity index (χ0n) is 23.8. The van der Waals surface area contributed by atoms with Gasteiger partial charge in [-0.15, -0.1) is 0 Å². The Balaban J connectivity index is 1.25. The number of fused-ring (bicyclic) bond motifs is 1. The van der Waals surface area contributed by atoms with Gasteiger partial charge in [0.1, 0.15) is 35.8 Å². The molecule has 0 unspecified atom stereocenters. The minimum Gasteiger partial charge on any atom is -0.478 e. The van der Waals surface area contributed by atoms with Crippen molar-refractivity contribution in [2.45, 2.75) is 38.7 Å². The number of benzene rings is 2. The third kappa shape index (κ3) is 6.45. The molecule has 1 aliphatic rings. The van der Waals surface area contributed by atoms with Gasteiger partial charge in [-0.25, -0.2) is 28.5 Å². The van der Waals surface area contributed by atoms with Gasteiger partial charge >= 0.3 is 12.6 Å². The molecule has 4 heterocycles. The Hall–Kier alpha value is -5.55. The average Bonchev–Trinajstić information content (AvgIpc) is 3.35. The Labute approximate surface area is 258 Å². The number of carboxylic acid groups (broad SMARTS) is 1. The average molecular weight is 634 g/mol. The highest BCUT2D eigenvalue weighted by Crippen LogP contribution is 2.29. The second kappa shape index (κ2) is 12.8. The molecule has 1 aliphatic heterocycles. The fraction of sp³-hybridized carbons (Fsp3) is 0.219. The molecule has 14 heteroatoms. The molecule has 10 nitrogen and oxygen atoms in total. The van der Waals surface area contributed by atoms with Crippen molar-refractivity contribution in [3.05, 3.63) is 101 Å². The lowest BCUT2D eigenvalue weighted by molar-refractivity contribution is -0.0590. The van der Waals surface area contributed by atoms with Crippen molar-refractivity contribution in [2.75, 3.05) is 6.61 Å². The van der Waals surface area contributed by atoms with Gasteiger partial charge in [0.2, 0.25) is 11.8 Å². The highest BCUT2D eigenvalue weighted by molar-refractivity contribution is 5.92. The molecule has 5 aromatic rings. The number of hydrogen-bond acceptors (Lipinski definition) is 8. The summed E-state index contributed by atoms with van der Waals surface area (Å²) in [4.78, 5) is 24.1. The van der Waals surface area contributed by atoms with E-state index >= 15 is 8.78 Å². The SMILES string of the molecule is N#Cc1ccc(COc2cccc(-c3cc(F)c(Cc4nc5ccc(C(=O)O)cc5n4C[C@@H]4CCO4)cc3F)n2)c(OC(F)F)n1. The van der Waals surface area contributed by atoms with Crippen LogP contribution in [0, 0.1) is 23.0 Å². The van der Waals surface area contributed by atoms with E-state index in [4.69, 9.17) is 14.7 Å². The van der Waals surface area contributed by atoms with Crippen LogP contribution in [0.3, 0.4) is 0 Å². The van der Waals surface area contributed by atoms with E-state index in [2.05, 4.69) is 19.7 Å². The van der Waals surface area contributed by atoms with Gasteiger partial charge in [-0.3, -0.25) is 0 Å². The van der Waals surface area contributed by atoms with E-state index in [0.29, 0.717) is 30.0 Å². The van der Waals surface area contributed by atoms with Crippen molar-refractivity contribution in [1.29, 1.82) is 5.26 Å². The maximum atomic E-state index is 15.5. The number of carboxylic acids is 1. The molecular weight excluding hydrogens is 610 g/mol. The topological polar surface area (TPSA) is 132 Å². The lowest BCUT2D eigenvalue weighted by atomic mass is 10.0. The highest BCUT2D eigenvalue weighted by atomic mass is 19.3. The molecule has 3 aromatic heterocycles. The van der Waals surface area contributed by atoms with Crippen molar-refractivity contribution in [2.24, 2.45) is 0 Å². The predicted octanol–water partition coefficient (Wildman–Crippen LogP) is 5.90. The van der Waals surface area contributed by atoms with Gasteiger partial charge in [-0.05, 0) is 60.5 Å². The molecule has 0 radical (unpaired) electrons. The minimum absolute atomic E-state index is 0.0126. The number of nitriles is 1. The van der Waals surface area contributed by atoms with Crippen molar-refractivity contribution in [3.63, 3.8) is 0 Å². The van der Waals surface area contributed by atoms with Gasteiger partial charge in [0.25, 0.3) is 0 Å². The van der Waals surface area contributed by atoms with Gasteiger partial charge in [0.15, 0.2) is 0 Å². The van der Waals surface area contributed by atoms with Crippen LogP contribution in [-0.2, 0) is 24.3 Å². The van der Waals surface area contributed by atoms with Crippen LogP contribution >= 0.6 is 0 Å². The van der Waals surface area contributed by atoms with Crippen LogP contribution in [0.1, 0.15) is 39.4 Å². The Morgan fingerprint density at radius 1 is 1.07 bits per heavy atom. The number of carbonyl (C=O) groups is 1. The van der Waals surface area contributed by atoms with E-state index in [1.165, 1.54) is 42.5 Å². The van der Waals surface area contributed by atoms with Crippen LogP contribution in [0.5, 0.6) is 11.8 Å². The van der Waals surface area contributed by atoms with Gasteiger partial charge in [-0.1, -0.05) is 6.07 Å². The number of ether oxygens (including phenoxy) is 3. The van der Waals surface area contributed by atoms with E-state index in [-0.39, 0.29) is 58.7 Å². The lowest BCUT2D eigenvalue weighted by Gasteiger charge is -2.27. The van der Waals surface area contributed by atoms with Crippen molar-refractivity contribution >= 4 is 17.0 Å². The zero-order valence-corrected chi connectivity index (χ0v) is 23.8. The number of imidazole rings is 1. The summed E-state index contributed by atoms with van der Waals surface area (Å²) in [6.07, 6.45) is 0.622. The molecule has 234 valence electrons. The van der Waals surface area contributed by atoms with E-state index in [1.807, 2.05) is 0 Å². The first-order valence-electron chi connectivity index (χ1n) is 14.0. The number of halogens is 4. The first-order valence-corrected chi connectivity index (χ1v) is 14.0. The van der Waals surface area contributed by atoms with Crippen LogP contribution < -0.4 is 9.47 Å². The number of alkyl halides is 2. The summed E-state index contributed by atoms with van der Waals surface area (Å²) >= 11 is 0. The standard InChI is InChI=1S/C32H23F4N5O5/c33-23-13-22(25-2-1-3-29(40-25)45-16-18-4-6-20(14-37)38-30(18)46-32(35)36)24(34)10-19(23)12-28-39-26-7-5-17(31(42)43)11-27(26)41(28)15-21-8-9-44-21/h1-7,10-11,13,21,32H,8-9,12,15-16H2,(H,42,43)/t21-/m0/s1. The molecule has 0 saturated carbocycles. The summed E-state index contributed by atoms with van der Waals surface area (Å²) < 4.78 is 74.0. The molecule has 0 aliphatic carbocycles. The zero-order chi connectivity index (χ0) is 32.4. The summed E-state index contributed by atoms with van der Waals surface area (Å²) in [5.74, 6) is -2.65. The van der Waals surface area contributed by atoms with Crippen molar-refractivity contribution < 1.29 is 41.7 Å². The minimum atomic E-state index is -3.18. The largest absolute Gasteiger partial charge is 0.478 e. The summed E-state index contributed by atoms with van der Waals surface area (Å²) in [7, 11) is 0. The Morgan fingerprint density at radius 3 is 2.61 bits per heavy atom. The summed E-state index contributed by atoms with van der Waals surface area (Å²) in [6.45, 7) is -2.51. The molecule has 0 amide bonds. The molecule has 1 atom stereocenters. The van der Waals surface area contributed by atoms with Gasteiger partial charge < -0.3 is 23.9 Å². The lowest BCUT2D eigenvalue weighted by Crippen LogP contribution is -2.31. The number of nitrogens with zero attached hydrogens (tertiary/aromatic N) is 5.